The Morgan fingerprint density at radius 3 is 1.73 bits per heavy atom. The molecule has 6 rings (SSSR count). The van der Waals surface area contributed by atoms with Crippen LogP contribution in [0, 0.1) is 22.7 Å². The zero-order chi connectivity index (χ0) is 43.2. The summed E-state index contributed by atoms with van der Waals surface area (Å²) in [5, 5.41) is 21.6. The van der Waals surface area contributed by atoms with E-state index in [1.165, 1.54) is 0 Å². The largest absolute Gasteiger partial charge is 0.481 e. The molecule has 59 heavy (non-hydrogen) atoms. The molecule has 0 amide bonds. The van der Waals surface area contributed by atoms with Gasteiger partial charge in [-0.1, -0.05) is 81.5 Å². The van der Waals surface area contributed by atoms with Gasteiger partial charge >= 0.3 is 11.9 Å². The van der Waals surface area contributed by atoms with Crippen molar-refractivity contribution < 1.29 is 38.4 Å². The first kappa shape index (κ1) is 45.8. The van der Waals surface area contributed by atoms with Gasteiger partial charge in [-0.2, -0.15) is 0 Å². The molecule has 0 bridgehead atoms. The molecule has 2 N–H and O–H groups in total. The maximum absolute atomic E-state index is 12.8. The molecule has 2 saturated heterocycles. The van der Waals surface area contributed by atoms with E-state index in [9.17, 15) is 19.8 Å². The number of rotatable bonds is 13. The molecule has 0 spiro atoms. The summed E-state index contributed by atoms with van der Waals surface area (Å²) in [7, 11) is -1.90. The summed E-state index contributed by atoms with van der Waals surface area (Å²) in [6.45, 7) is 23.3. The first-order valence-electron chi connectivity index (χ1n) is 20.9. The molecule has 4 aromatic rings. The number of benzene rings is 2. The summed E-state index contributed by atoms with van der Waals surface area (Å²) >= 11 is 0. The van der Waals surface area contributed by atoms with Gasteiger partial charge in [-0.3, -0.25) is 19.6 Å². The van der Waals surface area contributed by atoms with E-state index in [4.69, 9.17) is 23.6 Å². The molecular weight excluding hydrogens is 761 g/mol. The molecule has 2 aliphatic rings. The number of hydrogen-bond donors (Lipinski definition) is 2. The van der Waals surface area contributed by atoms with Gasteiger partial charge < -0.3 is 28.8 Å². The Kier molecular flexibility index (Phi) is 14.7. The van der Waals surface area contributed by atoms with Crippen LogP contribution in [0.4, 0.5) is 0 Å². The SMILES string of the molecule is CCOC(=O)C(C)(/C=C/c1ccc2ccc([C@@H](C)O[Si](C)(C)C(C)(C)C)nc2c1)C1CCOC1.C[C@@H](O)c1ccc2ccc(/C=C/C(C)(C(=O)O)C3CCOC3)cc2n1. The number of carbonyl (C=O) groups excluding carboxylic acids is 1. The highest BCUT2D eigenvalue weighted by atomic mass is 28.4. The number of carboxylic acids is 1. The van der Waals surface area contributed by atoms with Crippen molar-refractivity contribution in [2.45, 2.75) is 98.6 Å². The molecule has 10 nitrogen and oxygen atoms in total. The molecule has 0 aliphatic carbocycles. The number of nitrogens with zero attached hydrogens (tertiary/aromatic N) is 2. The molecule has 0 radical (unpaired) electrons. The van der Waals surface area contributed by atoms with Crippen LogP contribution in [0.15, 0.2) is 72.8 Å². The maximum atomic E-state index is 12.8. The van der Waals surface area contributed by atoms with Crippen LogP contribution < -0.4 is 0 Å². The van der Waals surface area contributed by atoms with Crippen LogP contribution in [0.2, 0.25) is 18.1 Å². The van der Waals surface area contributed by atoms with Gasteiger partial charge in [0.15, 0.2) is 8.32 Å². The van der Waals surface area contributed by atoms with Crippen LogP contribution in [0.25, 0.3) is 34.0 Å². The third-order valence-electron chi connectivity index (χ3n) is 12.6. The Labute approximate surface area is 351 Å². The highest BCUT2D eigenvalue weighted by Gasteiger charge is 2.43. The number of pyridine rings is 2. The number of aliphatic hydroxyl groups is 1. The minimum atomic E-state index is -1.90. The van der Waals surface area contributed by atoms with Gasteiger partial charge in [0.2, 0.25) is 0 Å². The fourth-order valence-corrected chi connectivity index (χ4v) is 8.60. The molecule has 11 heteroatoms. The monoisotopic (exact) mass is 824 g/mol. The van der Waals surface area contributed by atoms with E-state index in [1.54, 1.807) is 19.9 Å². The minimum Gasteiger partial charge on any atom is -0.481 e. The Balaban J connectivity index is 0.000000235. The van der Waals surface area contributed by atoms with E-state index >= 15 is 0 Å². The van der Waals surface area contributed by atoms with E-state index in [0.717, 1.165) is 51.5 Å². The van der Waals surface area contributed by atoms with Crippen molar-refractivity contribution >= 4 is 54.2 Å². The van der Waals surface area contributed by atoms with Crippen molar-refractivity contribution in [3.63, 3.8) is 0 Å². The Morgan fingerprint density at radius 2 is 1.27 bits per heavy atom. The average molecular weight is 825 g/mol. The van der Waals surface area contributed by atoms with Gasteiger partial charge in [-0.15, -0.1) is 0 Å². The summed E-state index contributed by atoms with van der Waals surface area (Å²) in [6, 6.07) is 19.9. The molecule has 0 saturated carbocycles. The maximum Gasteiger partial charge on any atom is 0.316 e. The van der Waals surface area contributed by atoms with Crippen molar-refractivity contribution in [1.82, 2.24) is 9.97 Å². The zero-order valence-electron chi connectivity index (χ0n) is 36.6. The Hall–Kier alpha value is -4.26. The van der Waals surface area contributed by atoms with Crippen molar-refractivity contribution in [3.05, 3.63) is 95.3 Å². The van der Waals surface area contributed by atoms with Crippen LogP contribution in [0.3, 0.4) is 0 Å². The summed E-state index contributed by atoms with van der Waals surface area (Å²) in [4.78, 5) is 34.1. The van der Waals surface area contributed by atoms with Gasteiger partial charge in [-0.25, -0.2) is 0 Å². The lowest BCUT2D eigenvalue weighted by Gasteiger charge is -2.38. The van der Waals surface area contributed by atoms with Crippen LogP contribution in [-0.2, 0) is 28.2 Å². The molecule has 4 unspecified atom stereocenters. The second-order valence-corrected chi connectivity index (χ2v) is 22.7. The number of aliphatic hydroxyl groups excluding tert-OH is 1. The van der Waals surface area contributed by atoms with Gasteiger partial charge in [0.1, 0.15) is 0 Å². The average Bonchev–Trinajstić information content (AvgIpc) is 3.95. The van der Waals surface area contributed by atoms with Gasteiger partial charge in [0.05, 0.1) is 65.3 Å². The molecule has 4 heterocycles. The van der Waals surface area contributed by atoms with Crippen LogP contribution in [0.1, 0.15) is 103 Å². The highest BCUT2D eigenvalue weighted by Crippen LogP contribution is 2.40. The predicted octanol–water partition coefficient (Wildman–Crippen LogP) is 10.4. The third kappa shape index (κ3) is 10.9. The number of fused-ring (bicyclic) bond motifs is 2. The first-order chi connectivity index (χ1) is 27.8. The summed E-state index contributed by atoms with van der Waals surface area (Å²) < 4.78 is 22.9. The Morgan fingerprint density at radius 1 is 0.797 bits per heavy atom. The van der Waals surface area contributed by atoms with E-state index in [2.05, 4.69) is 76.1 Å². The molecule has 2 aromatic heterocycles. The summed E-state index contributed by atoms with van der Waals surface area (Å²) in [6.07, 6.45) is 8.51. The highest BCUT2D eigenvalue weighted by molar-refractivity contribution is 6.74. The van der Waals surface area contributed by atoms with E-state index in [1.807, 2.05) is 62.4 Å². The van der Waals surface area contributed by atoms with Gasteiger partial charge in [0, 0.05) is 35.8 Å². The lowest BCUT2D eigenvalue weighted by molar-refractivity contribution is -0.154. The molecule has 2 fully saturated rings. The fourth-order valence-electron chi connectivity index (χ4n) is 7.24. The number of aromatic nitrogens is 2. The molecule has 2 aliphatic heterocycles. The predicted molar refractivity (Wildman–Crippen MR) is 237 cm³/mol. The van der Waals surface area contributed by atoms with Crippen LogP contribution >= 0.6 is 0 Å². The third-order valence-corrected chi connectivity index (χ3v) is 17.1. The smallest absolute Gasteiger partial charge is 0.316 e. The quantitative estimate of drug-likeness (QED) is 0.0990. The number of carbonyl (C=O) groups is 2. The van der Waals surface area contributed by atoms with E-state index in [-0.39, 0.29) is 28.9 Å². The minimum absolute atomic E-state index is 0.0262. The van der Waals surface area contributed by atoms with Crippen molar-refractivity contribution in [2.24, 2.45) is 22.7 Å². The fraction of sp³-hybridized carbons (Fsp3) is 0.500. The Bertz CT molecular complexity index is 2150. The molecule has 6 atom stereocenters. The summed E-state index contributed by atoms with van der Waals surface area (Å²) in [5.41, 5.74) is 3.47. The van der Waals surface area contributed by atoms with Crippen LogP contribution in [-0.4, -0.2) is 73.5 Å². The van der Waals surface area contributed by atoms with E-state index < -0.39 is 31.2 Å². The second-order valence-electron chi connectivity index (χ2n) is 18.0. The van der Waals surface area contributed by atoms with Gasteiger partial charge in [-0.05, 0) is 101 Å². The summed E-state index contributed by atoms with van der Waals surface area (Å²) in [5.74, 6) is -0.947. The van der Waals surface area contributed by atoms with Gasteiger partial charge in [0.25, 0.3) is 0 Å². The number of aliphatic carboxylic acids is 1. The number of hydrogen-bond acceptors (Lipinski definition) is 9. The molecule has 318 valence electrons. The topological polar surface area (TPSA) is 137 Å². The first-order valence-corrected chi connectivity index (χ1v) is 23.8. The molecular formula is C48H64N2O8Si. The van der Waals surface area contributed by atoms with Crippen LogP contribution in [0.5, 0.6) is 0 Å². The zero-order valence-corrected chi connectivity index (χ0v) is 37.6. The molecule has 2 aromatic carbocycles. The number of carboxylic acid groups (broad SMARTS) is 1. The lowest BCUT2D eigenvalue weighted by Crippen LogP contribution is -2.41. The number of ether oxygens (including phenoxy) is 3. The second kappa shape index (κ2) is 19.0. The normalized spacial score (nSPS) is 20.6. The standard InChI is InChI=1S/C28H41NO4Si.C20H23NO4/c1-9-32-26(30)28(6,23-15-17-31-19-23)16-14-21-10-11-22-12-13-24(29-25(22)18-21)20(2)33-34(7,8)27(3,4)5;1-13(22)17-6-5-15-4-3-14(11-18(15)21-17)7-9-20(2,19(23)24)16-8-10-25-12-16/h10-14,16,18,20,23H,9,15,17,19H2,1-8H3;3-7,9,11,13,16,22H,8,10,12H2,1-2H3,(H,23,24)/b16-14+;9-7+/t20-,23?,28?;13-,16?,20?/m11/s1. The number of esters is 1. The van der Waals surface area contributed by atoms with Crippen molar-refractivity contribution in [3.8, 4) is 0 Å². The lowest BCUT2D eigenvalue weighted by atomic mass is 9.76. The van der Waals surface area contributed by atoms with Crippen molar-refractivity contribution in [1.29, 1.82) is 0 Å². The van der Waals surface area contributed by atoms with Crippen molar-refractivity contribution in [2.75, 3.05) is 33.0 Å². The van der Waals surface area contributed by atoms with E-state index in [0.29, 0.717) is 38.7 Å².